The zero-order chi connectivity index (χ0) is 20.4. The van der Waals surface area contributed by atoms with Crippen LogP contribution in [-0.4, -0.2) is 11.9 Å². The number of ether oxygens (including phenoxy) is 2. The van der Waals surface area contributed by atoms with E-state index in [9.17, 15) is 14.4 Å². The van der Waals surface area contributed by atoms with E-state index >= 15 is 0 Å². The summed E-state index contributed by atoms with van der Waals surface area (Å²) >= 11 is 0. The smallest absolute Gasteiger partial charge is 0.339 e. The minimum absolute atomic E-state index is 0.159. The zero-order valence-electron chi connectivity index (χ0n) is 16.5. The molecule has 6 nitrogen and oxygen atoms in total. The van der Waals surface area contributed by atoms with Gasteiger partial charge in [0.1, 0.15) is 18.6 Å². The number of aryl methyl sites for hydroxylation is 3. The van der Waals surface area contributed by atoms with Crippen molar-refractivity contribution in [3.8, 4) is 5.75 Å². The number of hydrogen-bond acceptors (Lipinski definition) is 6. The van der Waals surface area contributed by atoms with E-state index < -0.39 is 22.8 Å². The van der Waals surface area contributed by atoms with E-state index in [1.165, 1.54) is 0 Å². The highest BCUT2D eigenvalue weighted by Gasteiger charge is 2.25. The second kappa shape index (κ2) is 7.78. The molecule has 0 bridgehead atoms. The van der Waals surface area contributed by atoms with Crippen LogP contribution in [0.4, 0.5) is 0 Å². The molecular formula is C21H24O6. The summed E-state index contributed by atoms with van der Waals surface area (Å²) in [4.78, 5) is 36.3. The van der Waals surface area contributed by atoms with E-state index in [4.69, 9.17) is 13.9 Å². The Kier molecular flexibility index (Phi) is 5.88. The molecule has 2 rings (SSSR count). The Morgan fingerprint density at radius 2 is 1.63 bits per heavy atom. The third-order valence-electron chi connectivity index (χ3n) is 3.89. The van der Waals surface area contributed by atoms with E-state index in [1.807, 2.05) is 32.9 Å². The lowest BCUT2D eigenvalue weighted by atomic mass is 9.97. The van der Waals surface area contributed by atoms with E-state index in [2.05, 4.69) is 0 Å². The van der Waals surface area contributed by atoms with Gasteiger partial charge in [0.15, 0.2) is 0 Å². The molecule has 144 valence electrons. The van der Waals surface area contributed by atoms with Crippen molar-refractivity contribution >= 4 is 11.9 Å². The van der Waals surface area contributed by atoms with Crippen molar-refractivity contribution in [2.45, 2.75) is 48.1 Å². The predicted molar refractivity (Wildman–Crippen MR) is 99.8 cm³/mol. The molecule has 2 aromatic rings. The summed E-state index contributed by atoms with van der Waals surface area (Å²) in [7, 11) is 0. The summed E-state index contributed by atoms with van der Waals surface area (Å²) in [6, 6.07) is 4.96. The van der Waals surface area contributed by atoms with Gasteiger partial charge in [0.2, 0.25) is 11.2 Å². The normalized spacial score (nSPS) is 11.2. The molecule has 1 aromatic heterocycles. The quantitative estimate of drug-likeness (QED) is 0.758. The van der Waals surface area contributed by atoms with Gasteiger partial charge in [0.25, 0.3) is 0 Å². The van der Waals surface area contributed by atoms with Crippen LogP contribution >= 0.6 is 0 Å². The molecule has 6 heteroatoms. The third kappa shape index (κ3) is 5.06. The maximum absolute atomic E-state index is 12.4. The summed E-state index contributed by atoms with van der Waals surface area (Å²) < 4.78 is 15.6. The van der Waals surface area contributed by atoms with Crippen LogP contribution in [0.3, 0.4) is 0 Å². The van der Waals surface area contributed by atoms with E-state index in [1.54, 1.807) is 20.8 Å². The lowest BCUT2D eigenvalue weighted by molar-refractivity contribution is -0.143. The van der Waals surface area contributed by atoms with Crippen molar-refractivity contribution in [3.05, 3.63) is 62.7 Å². The molecule has 27 heavy (non-hydrogen) atoms. The fourth-order valence-electron chi connectivity index (χ4n) is 2.55. The number of carbonyl (C=O) groups excluding carboxylic acids is 2. The summed E-state index contributed by atoms with van der Waals surface area (Å²) in [5.41, 5.74) is 1.94. The largest absolute Gasteiger partial charge is 0.462 e. The first-order chi connectivity index (χ1) is 12.5. The standard InChI is InChI=1S/C21H24O6/c1-12-7-13(2)18(14(3)8-12)19(23)26-10-15-9-16(22)17(11-25-15)27-20(24)21(4,5)6/h7-9,11H,10H2,1-6H3. The highest BCUT2D eigenvalue weighted by atomic mass is 16.6. The molecule has 0 unspecified atom stereocenters. The molecule has 0 atom stereocenters. The molecule has 1 heterocycles. The Balaban J connectivity index is 2.09. The van der Waals surface area contributed by atoms with Gasteiger partial charge in [-0.1, -0.05) is 17.7 Å². The van der Waals surface area contributed by atoms with Crippen LogP contribution in [0.25, 0.3) is 0 Å². The third-order valence-corrected chi connectivity index (χ3v) is 3.89. The first kappa shape index (κ1) is 20.4. The monoisotopic (exact) mass is 372 g/mol. The van der Waals surface area contributed by atoms with Gasteiger partial charge in [0.05, 0.1) is 11.0 Å². The van der Waals surface area contributed by atoms with Gasteiger partial charge in [-0.25, -0.2) is 4.79 Å². The number of esters is 2. The second-order valence-corrected chi connectivity index (χ2v) is 7.56. The predicted octanol–water partition coefficient (Wildman–Crippen LogP) is 3.87. The lowest BCUT2D eigenvalue weighted by Crippen LogP contribution is -2.27. The highest BCUT2D eigenvalue weighted by Crippen LogP contribution is 2.19. The summed E-state index contributed by atoms with van der Waals surface area (Å²) in [6.07, 6.45) is 1.05. The van der Waals surface area contributed by atoms with Gasteiger partial charge < -0.3 is 13.9 Å². The van der Waals surface area contributed by atoms with Crippen LogP contribution in [0.1, 0.15) is 53.6 Å². The Morgan fingerprint density at radius 1 is 1.04 bits per heavy atom. The fourth-order valence-corrected chi connectivity index (χ4v) is 2.55. The molecule has 0 amide bonds. The van der Waals surface area contributed by atoms with E-state index in [0.717, 1.165) is 29.0 Å². The first-order valence-electron chi connectivity index (χ1n) is 8.58. The molecule has 0 spiro atoms. The molecule has 0 saturated carbocycles. The summed E-state index contributed by atoms with van der Waals surface area (Å²) in [5.74, 6) is -1.07. The highest BCUT2D eigenvalue weighted by molar-refractivity contribution is 5.92. The SMILES string of the molecule is Cc1cc(C)c(C(=O)OCc2cc(=O)c(OC(=O)C(C)(C)C)co2)c(C)c1. The number of hydrogen-bond donors (Lipinski definition) is 0. The minimum Gasteiger partial charge on any atom is -0.462 e. The molecule has 0 fully saturated rings. The Bertz CT molecular complexity index is 907. The minimum atomic E-state index is -0.746. The van der Waals surface area contributed by atoms with Crippen molar-refractivity contribution in [1.82, 2.24) is 0 Å². The van der Waals surface area contributed by atoms with Crippen molar-refractivity contribution < 1.29 is 23.5 Å². The average Bonchev–Trinajstić information content (AvgIpc) is 2.53. The molecule has 0 aliphatic heterocycles. The van der Waals surface area contributed by atoms with Crippen molar-refractivity contribution in [2.24, 2.45) is 5.41 Å². The maximum Gasteiger partial charge on any atom is 0.339 e. The van der Waals surface area contributed by atoms with Gasteiger partial charge in [0, 0.05) is 6.07 Å². The van der Waals surface area contributed by atoms with Crippen molar-refractivity contribution in [1.29, 1.82) is 0 Å². The Morgan fingerprint density at radius 3 is 2.15 bits per heavy atom. The maximum atomic E-state index is 12.4. The average molecular weight is 372 g/mol. The van der Waals surface area contributed by atoms with Gasteiger partial charge in [-0.2, -0.15) is 0 Å². The van der Waals surface area contributed by atoms with Gasteiger partial charge in [-0.3, -0.25) is 9.59 Å². The Hall–Kier alpha value is -2.89. The van der Waals surface area contributed by atoms with E-state index in [0.29, 0.717) is 5.56 Å². The molecule has 0 N–H and O–H groups in total. The molecule has 0 aliphatic rings. The van der Waals surface area contributed by atoms with Gasteiger partial charge in [-0.15, -0.1) is 0 Å². The second-order valence-electron chi connectivity index (χ2n) is 7.56. The van der Waals surface area contributed by atoms with Crippen LogP contribution in [0.15, 0.2) is 33.7 Å². The molecule has 1 aromatic carbocycles. The molecule has 0 saturated heterocycles. The number of benzene rings is 1. The zero-order valence-corrected chi connectivity index (χ0v) is 16.5. The van der Waals surface area contributed by atoms with Crippen LogP contribution in [0, 0.1) is 26.2 Å². The van der Waals surface area contributed by atoms with Crippen LogP contribution in [0.5, 0.6) is 5.75 Å². The molecule has 0 aliphatic carbocycles. The molecular weight excluding hydrogens is 348 g/mol. The van der Waals surface area contributed by atoms with Crippen molar-refractivity contribution in [2.75, 3.05) is 0 Å². The topological polar surface area (TPSA) is 82.8 Å². The van der Waals surface area contributed by atoms with Crippen LogP contribution < -0.4 is 10.2 Å². The summed E-state index contributed by atoms with van der Waals surface area (Å²) in [5, 5.41) is 0. The lowest BCUT2D eigenvalue weighted by Gasteiger charge is -2.15. The van der Waals surface area contributed by atoms with Gasteiger partial charge >= 0.3 is 11.9 Å². The first-order valence-corrected chi connectivity index (χ1v) is 8.58. The van der Waals surface area contributed by atoms with Crippen molar-refractivity contribution in [3.63, 3.8) is 0 Å². The molecule has 0 radical (unpaired) electrons. The van der Waals surface area contributed by atoms with E-state index in [-0.39, 0.29) is 18.1 Å². The number of rotatable bonds is 4. The fraction of sp³-hybridized carbons (Fsp3) is 0.381. The Labute approximate surface area is 158 Å². The van der Waals surface area contributed by atoms with Crippen LogP contribution in [0.2, 0.25) is 0 Å². The summed E-state index contributed by atoms with van der Waals surface area (Å²) in [6.45, 7) is 10.5. The van der Waals surface area contributed by atoms with Crippen LogP contribution in [-0.2, 0) is 16.1 Å². The number of carbonyl (C=O) groups is 2. The van der Waals surface area contributed by atoms with Gasteiger partial charge in [-0.05, 0) is 52.7 Å².